The van der Waals surface area contributed by atoms with Gasteiger partial charge in [0.15, 0.2) is 5.82 Å². The average Bonchev–Trinajstić information content (AvgIpc) is 3.36. The van der Waals surface area contributed by atoms with Crippen molar-refractivity contribution in [2.24, 2.45) is 0 Å². The molecule has 0 aliphatic rings. The Morgan fingerprint density at radius 1 is 1.22 bits per heavy atom. The van der Waals surface area contributed by atoms with E-state index in [0.29, 0.717) is 5.69 Å². The Balaban J connectivity index is 1.48. The monoisotopic (exact) mass is 377 g/mol. The number of imidazole rings is 1. The second-order valence-corrected chi connectivity index (χ2v) is 6.88. The Bertz CT molecular complexity index is 1040. The lowest BCUT2D eigenvalue weighted by molar-refractivity contribution is 0.248. The van der Waals surface area contributed by atoms with Crippen LogP contribution in [0, 0.1) is 0 Å². The first kappa shape index (κ1) is 17.2. The van der Waals surface area contributed by atoms with Crippen molar-refractivity contribution in [2.75, 3.05) is 5.32 Å². The molecule has 27 heavy (non-hydrogen) atoms. The normalized spacial score (nSPS) is 12.0. The highest BCUT2D eigenvalue weighted by Gasteiger charge is 2.13. The summed E-state index contributed by atoms with van der Waals surface area (Å²) in [5.74, 6) is 0.725. The number of aromatic amines is 1. The molecule has 0 fully saturated rings. The van der Waals surface area contributed by atoms with Gasteiger partial charge in [-0.3, -0.25) is 0 Å². The molecule has 136 valence electrons. The van der Waals surface area contributed by atoms with Gasteiger partial charge in [0.1, 0.15) is 5.69 Å². The predicted molar refractivity (Wildman–Crippen MR) is 109 cm³/mol. The summed E-state index contributed by atoms with van der Waals surface area (Å²) < 4.78 is 0. The van der Waals surface area contributed by atoms with Crippen molar-refractivity contribution < 1.29 is 4.79 Å². The van der Waals surface area contributed by atoms with E-state index in [0.717, 1.165) is 34.5 Å². The molecule has 0 spiro atoms. The number of H-pyrrole nitrogens is 1. The molecule has 2 aromatic carbocycles. The summed E-state index contributed by atoms with van der Waals surface area (Å²) in [5.41, 5.74) is 6.07. The van der Waals surface area contributed by atoms with E-state index in [2.05, 4.69) is 32.5 Å². The number of carbonyl (C=O) groups is 1. The number of urea groups is 1. The number of fused-ring (bicyclic) bond motifs is 1. The highest BCUT2D eigenvalue weighted by molar-refractivity contribution is 7.07. The van der Waals surface area contributed by atoms with Gasteiger partial charge in [0, 0.05) is 11.1 Å². The number of aromatic nitrogens is 3. The lowest BCUT2D eigenvalue weighted by Gasteiger charge is -2.18. The van der Waals surface area contributed by atoms with Crippen LogP contribution in [0.5, 0.6) is 0 Å². The van der Waals surface area contributed by atoms with Crippen LogP contribution in [-0.2, 0) is 0 Å². The maximum atomic E-state index is 12.4. The first-order valence-corrected chi connectivity index (χ1v) is 9.68. The van der Waals surface area contributed by atoms with Gasteiger partial charge in [0.05, 0.1) is 22.6 Å². The second kappa shape index (κ2) is 7.59. The van der Waals surface area contributed by atoms with Gasteiger partial charge in [-0.25, -0.2) is 14.8 Å². The van der Waals surface area contributed by atoms with E-state index in [1.54, 1.807) is 5.51 Å². The molecule has 0 saturated carbocycles. The van der Waals surface area contributed by atoms with Crippen LogP contribution in [0.4, 0.5) is 10.5 Å². The molecule has 6 nitrogen and oxygen atoms in total. The van der Waals surface area contributed by atoms with Crippen LogP contribution < -0.4 is 10.6 Å². The van der Waals surface area contributed by atoms with Gasteiger partial charge < -0.3 is 15.6 Å². The Morgan fingerprint density at radius 3 is 2.81 bits per heavy atom. The van der Waals surface area contributed by atoms with Crippen LogP contribution in [0.2, 0.25) is 0 Å². The molecule has 4 rings (SSSR count). The summed E-state index contributed by atoms with van der Waals surface area (Å²) in [6, 6.07) is 15.3. The van der Waals surface area contributed by atoms with Gasteiger partial charge in [0.2, 0.25) is 0 Å². The van der Waals surface area contributed by atoms with E-state index >= 15 is 0 Å². The zero-order chi connectivity index (χ0) is 18.6. The summed E-state index contributed by atoms with van der Waals surface area (Å²) >= 11 is 1.53. The number of hydrogen-bond acceptors (Lipinski definition) is 4. The molecule has 0 aliphatic heterocycles. The van der Waals surface area contributed by atoms with Gasteiger partial charge in [-0.2, -0.15) is 0 Å². The van der Waals surface area contributed by atoms with Gasteiger partial charge in [0.25, 0.3) is 0 Å². The maximum Gasteiger partial charge on any atom is 0.319 e. The molecule has 0 bridgehead atoms. The van der Waals surface area contributed by atoms with Crippen molar-refractivity contribution in [2.45, 2.75) is 19.4 Å². The topological polar surface area (TPSA) is 82.7 Å². The van der Waals surface area contributed by atoms with Crippen LogP contribution in [0.3, 0.4) is 0 Å². The molecular weight excluding hydrogens is 358 g/mol. The molecule has 2 heterocycles. The second-order valence-electron chi connectivity index (χ2n) is 6.16. The van der Waals surface area contributed by atoms with Gasteiger partial charge in [-0.15, -0.1) is 11.3 Å². The van der Waals surface area contributed by atoms with Crippen molar-refractivity contribution in [1.29, 1.82) is 0 Å². The Morgan fingerprint density at radius 2 is 2.07 bits per heavy atom. The minimum atomic E-state index is -0.232. The summed E-state index contributed by atoms with van der Waals surface area (Å²) in [7, 11) is 0. The summed E-state index contributed by atoms with van der Waals surface area (Å²) in [6.45, 7) is 2.05. The SMILES string of the molecule is CC[C@H](NC(=O)Nc1ccc2nc(-c3cscn3)[nH]c2c1)c1ccccc1. The standard InChI is InChI=1S/C20H19N5OS/c1-2-15(13-6-4-3-5-7-13)25-20(26)22-14-8-9-16-17(10-14)24-19(23-16)18-11-27-12-21-18/h3-12,15H,2H2,1H3,(H,23,24)(H2,22,25,26)/t15-/m0/s1. The van der Waals surface area contributed by atoms with Crippen LogP contribution in [0.15, 0.2) is 59.4 Å². The zero-order valence-corrected chi connectivity index (χ0v) is 15.6. The fourth-order valence-corrected chi connectivity index (χ4v) is 3.51. The lowest BCUT2D eigenvalue weighted by atomic mass is 10.1. The van der Waals surface area contributed by atoms with E-state index in [-0.39, 0.29) is 12.1 Å². The predicted octanol–water partition coefficient (Wildman–Crippen LogP) is 4.96. The molecule has 1 atom stereocenters. The average molecular weight is 377 g/mol. The number of hydrogen-bond donors (Lipinski definition) is 3. The largest absolute Gasteiger partial charge is 0.337 e. The third kappa shape index (κ3) is 3.83. The van der Waals surface area contributed by atoms with Crippen LogP contribution in [0.25, 0.3) is 22.6 Å². The molecule has 3 N–H and O–H groups in total. The number of amides is 2. The third-order valence-corrected chi connectivity index (χ3v) is 4.92. The minimum absolute atomic E-state index is 0.0293. The molecule has 2 aromatic heterocycles. The number of benzene rings is 2. The third-order valence-electron chi connectivity index (χ3n) is 4.33. The fraction of sp³-hybridized carbons (Fsp3) is 0.150. The number of rotatable bonds is 5. The number of nitrogens with one attached hydrogen (secondary N) is 3. The first-order valence-electron chi connectivity index (χ1n) is 8.73. The Kier molecular flexibility index (Phi) is 4.84. The summed E-state index contributed by atoms with van der Waals surface area (Å²) in [6.07, 6.45) is 0.814. The fourth-order valence-electron chi connectivity index (χ4n) is 2.97. The van der Waals surface area contributed by atoms with Gasteiger partial charge in [-0.1, -0.05) is 37.3 Å². The number of carbonyl (C=O) groups excluding carboxylic acids is 1. The van der Waals surface area contributed by atoms with Crippen molar-refractivity contribution >= 4 is 34.1 Å². The number of nitrogens with zero attached hydrogens (tertiary/aromatic N) is 2. The van der Waals surface area contributed by atoms with Crippen LogP contribution >= 0.6 is 11.3 Å². The molecule has 7 heteroatoms. The number of anilines is 1. The summed E-state index contributed by atoms with van der Waals surface area (Å²) in [5, 5.41) is 7.87. The quantitative estimate of drug-likeness (QED) is 0.460. The van der Waals surface area contributed by atoms with Crippen molar-refractivity contribution in [3.63, 3.8) is 0 Å². The van der Waals surface area contributed by atoms with Gasteiger partial charge in [-0.05, 0) is 30.2 Å². The van der Waals surface area contributed by atoms with Crippen molar-refractivity contribution in [1.82, 2.24) is 20.3 Å². The maximum absolute atomic E-state index is 12.4. The smallest absolute Gasteiger partial charge is 0.319 e. The zero-order valence-electron chi connectivity index (χ0n) is 14.8. The minimum Gasteiger partial charge on any atom is -0.337 e. The Hall–Kier alpha value is -3.19. The molecule has 0 radical (unpaired) electrons. The van der Waals surface area contributed by atoms with E-state index < -0.39 is 0 Å². The van der Waals surface area contributed by atoms with Crippen molar-refractivity contribution in [3.8, 4) is 11.5 Å². The Labute approximate surface area is 160 Å². The number of thiazole rings is 1. The van der Waals surface area contributed by atoms with Gasteiger partial charge >= 0.3 is 6.03 Å². The highest BCUT2D eigenvalue weighted by atomic mass is 32.1. The van der Waals surface area contributed by atoms with E-state index in [1.165, 1.54) is 11.3 Å². The van der Waals surface area contributed by atoms with E-state index in [4.69, 9.17) is 0 Å². The molecule has 0 aliphatic carbocycles. The first-order chi connectivity index (χ1) is 13.2. The molecular formula is C20H19N5OS. The van der Waals surface area contributed by atoms with Crippen molar-refractivity contribution in [3.05, 3.63) is 65.0 Å². The van der Waals surface area contributed by atoms with E-state index in [1.807, 2.05) is 53.9 Å². The highest BCUT2D eigenvalue weighted by Crippen LogP contribution is 2.23. The molecule has 0 unspecified atom stereocenters. The van der Waals surface area contributed by atoms with Crippen LogP contribution in [0.1, 0.15) is 24.9 Å². The molecule has 4 aromatic rings. The van der Waals surface area contributed by atoms with Crippen LogP contribution in [-0.4, -0.2) is 21.0 Å². The van der Waals surface area contributed by atoms with E-state index in [9.17, 15) is 4.79 Å². The lowest BCUT2D eigenvalue weighted by Crippen LogP contribution is -2.32. The summed E-state index contributed by atoms with van der Waals surface area (Å²) in [4.78, 5) is 24.5. The molecule has 0 saturated heterocycles. The molecule has 2 amide bonds.